The molecule has 0 fully saturated rings. The quantitative estimate of drug-likeness (QED) is 0.748. The first kappa shape index (κ1) is 14.7. The largest absolute Gasteiger partial charge is 0.468 e. The predicted octanol–water partition coefficient (Wildman–Crippen LogP) is 1.51. The maximum Gasteiger partial charge on any atom is 0.325 e. The van der Waals surface area contributed by atoms with Crippen LogP contribution in [-0.2, 0) is 16.1 Å². The van der Waals surface area contributed by atoms with Gasteiger partial charge in [0.05, 0.1) is 13.3 Å². The summed E-state index contributed by atoms with van der Waals surface area (Å²) in [4.78, 5) is 11.8. The second kappa shape index (κ2) is 6.54. The molecule has 0 spiro atoms. The molecule has 1 aromatic rings. The third-order valence-corrected chi connectivity index (χ3v) is 3.03. The average Bonchev–Trinajstić information content (AvgIpc) is 2.74. The fourth-order valence-corrected chi connectivity index (χ4v) is 2.06. The number of hydrogen-bond acceptors (Lipinski definition) is 4. The molecule has 1 atom stereocenters. The van der Waals surface area contributed by atoms with Gasteiger partial charge in [-0.15, -0.1) is 0 Å². The molecule has 0 saturated carbocycles. The number of likely N-dealkylation sites (N-methyl/N-ethyl adjacent to an activating group) is 1. The van der Waals surface area contributed by atoms with E-state index < -0.39 is 5.54 Å². The van der Waals surface area contributed by atoms with Crippen LogP contribution in [0.15, 0.2) is 12.4 Å². The van der Waals surface area contributed by atoms with Crippen molar-refractivity contribution in [2.75, 3.05) is 13.7 Å². The molecule has 5 nitrogen and oxygen atoms in total. The lowest BCUT2D eigenvalue weighted by atomic mass is 9.96. The van der Waals surface area contributed by atoms with Gasteiger partial charge in [-0.2, -0.15) is 5.10 Å². The summed E-state index contributed by atoms with van der Waals surface area (Å²) in [5.41, 5.74) is 0.545. The van der Waals surface area contributed by atoms with Crippen LogP contribution in [0.4, 0.5) is 0 Å². The molecule has 0 aliphatic heterocycles. The number of methoxy groups -OCH3 is 1. The zero-order chi connectivity index (χ0) is 13.6. The van der Waals surface area contributed by atoms with Crippen molar-refractivity contribution in [1.29, 1.82) is 0 Å². The zero-order valence-electron chi connectivity index (χ0n) is 11.7. The molecule has 0 aliphatic rings. The standard InChI is InChI=1S/C13H23N3O2/c1-5-14-13(3,12(17)18-4)7-6-8-16-10-11(2)9-15-16/h9-10,14H,5-8H2,1-4H3. The van der Waals surface area contributed by atoms with E-state index in [1.807, 2.05) is 37.8 Å². The number of rotatable bonds is 7. The van der Waals surface area contributed by atoms with Crippen LogP contribution < -0.4 is 5.32 Å². The molecule has 1 unspecified atom stereocenters. The molecule has 0 saturated heterocycles. The van der Waals surface area contributed by atoms with Crippen LogP contribution in [0.2, 0.25) is 0 Å². The maximum absolute atomic E-state index is 11.8. The van der Waals surface area contributed by atoms with Gasteiger partial charge in [-0.3, -0.25) is 9.48 Å². The van der Waals surface area contributed by atoms with E-state index >= 15 is 0 Å². The topological polar surface area (TPSA) is 56.2 Å². The summed E-state index contributed by atoms with van der Waals surface area (Å²) in [5.74, 6) is -0.207. The number of carbonyl (C=O) groups is 1. The lowest BCUT2D eigenvalue weighted by Crippen LogP contribution is -2.50. The Labute approximate surface area is 109 Å². The number of ether oxygens (including phenoxy) is 1. The molecule has 18 heavy (non-hydrogen) atoms. The van der Waals surface area contributed by atoms with Gasteiger partial charge in [-0.05, 0) is 38.8 Å². The predicted molar refractivity (Wildman–Crippen MR) is 70.3 cm³/mol. The summed E-state index contributed by atoms with van der Waals surface area (Å²) in [6.07, 6.45) is 5.44. The van der Waals surface area contributed by atoms with Crippen molar-refractivity contribution in [3.05, 3.63) is 18.0 Å². The number of aromatic nitrogens is 2. The number of nitrogens with zero attached hydrogens (tertiary/aromatic N) is 2. The number of carbonyl (C=O) groups excluding carboxylic acids is 1. The average molecular weight is 253 g/mol. The number of hydrogen-bond donors (Lipinski definition) is 1. The summed E-state index contributed by atoms with van der Waals surface area (Å²) in [6.45, 7) is 7.44. The van der Waals surface area contributed by atoms with Crippen molar-refractivity contribution >= 4 is 5.97 Å². The molecule has 5 heteroatoms. The molecule has 0 radical (unpaired) electrons. The second-order valence-corrected chi connectivity index (χ2v) is 4.74. The Balaban J connectivity index is 2.49. The van der Waals surface area contributed by atoms with Crippen molar-refractivity contribution in [3.63, 3.8) is 0 Å². The second-order valence-electron chi connectivity index (χ2n) is 4.74. The van der Waals surface area contributed by atoms with Gasteiger partial charge in [0.15, 0.2) is 0 Å². The minimum atomic E-state index is -0.605. The molecule has 0 aromatic carbocycles. The molecule has 1 N–H and O–H groups in total. The van der Waals surface area contributed by atoms with Crippen LogP contribution >= 0.6 is 0 Å². The maximum atomic E-state index is 11.8. The SMILES string of the molecule is CCNC(C)(CCCn1cc(C)cn1)C(=O)OC. The summed E-state index contributed by atoms with van der Waals surface area (Å²) in [6, 6.07) is 0. The fraction of sp³-hybridized carbons (Fsp3) is 0.692. The van der Waals surface area contributed by atoms with Crippen LogP contribution in [0.3, 0.4) is 0 Å². The van der Waals surface area contributed by atoms with Crippen LogP contribution in [0, 0.1) is 6.92 Å². The molecule has 0 amide bonds. The summed E-state index contributed by atoms with van der Waals surface area (Å²) < 4.78 is 6.75. The van der Waals surface area contributed by atoms with E-state index in [1.54, 1.807) is 0 Å². The van der Waals surface area contributed by atoms with Crippen molar-refractivity contribution < 1.29 is 9.53 Å². The molecule has 1 aromatic heterocycles. The van der Waals surface area contributed by atoms with Gasteiger partial charge in [0, 0.05) is 12.7 Å². The fourth-order valence-electron chi connectivity index (χ4n) is 2.06. The van der Waals surface area contributed by atoms with Gasteiger partial charge in [0.1, 0.15) is 5.54 Å². The molecule has 0 bridgehead atoms. The lowest BCUT2D eigenvalue weighted by molar-refractivity contribution is -0.148. The molecule has 0 aliphatic carbocycles. The van der Waals surface area contributed by atoms with E-state index in [1.165, 1.54) is 7.11 Å². The third kappa shape index (κ3) is 3.84. The number of esters is 1. The first-order valence-electron chi connectivity index (χ1n) is 6.34. The van der Waals surface area contributed by atoms with Gasteiger partial charge >= 0.3 is 5.97 Å². The van der Waals surface area contributed by atoms with E-state index in [2.05, 4.69) is 10.4 Å². The Morgan fingerprint density at radius 3 is 2.83 bits per heavy atom. The van der Waals surface area contributed by atoms with Gasteiger partial charge < -0.3 is 10.1 Å². The molecule has 1 heterocycles. The minimum Gasteiger partial charge on any atom is -0.468 e. The first-order chi connectivity index (χ1) is 8.51. The highest BCUT2D eigenvalue weighted by atomic mass is 16.5. The number of aryl methyl sites for hydroxylation is 2. The van der Waals surface area contributed by atoms with E-state index in [-0.39, 0.29) is 5.97 Å². The van der Waals surface area contributed by atoms with Crippen LogP contribution in [-0.4, -0.2) is 34.9 Å². The summed E-state index contributed by atoms with van der Waals surface area (Å²) >= 11 is 0. The zero-order valence-corrected chi connectivity index (χ0v) is 11.7. The Kier molecular flexibility index (Phi) is 5.34. The highest BCUT2D eigenvalue weighted by molar-refractivity contribution is 5.80. The van der Waals surface area contributed by atoms with Gasteiger partial charge in [-0.1, -0.05) is 6.92 Å². The van der Waals surface area contributed by atoms with Crippen molar-refractivity contribution in [1.82, 2.24) is 15.1 Å². The lowest BCUT2D eigenvalue weighted by Gasteiger charge is -2.27. The van der Waals surface area contributed by atoms with Gasteiger partial charge in [0.2, 0.25) is 0 Å². The van der Waals surface area contributed by atoms with Crippen LogP contribution in [0.5, 0.6) is 0 Å². The summed E-state index contributed by atoms with van der Waals surface area (Å²) in [7, 11) is 1.43. The van der Waals surface area contributed by atoms with Crippen LogP contribution in [0.25, 0.3) is 0 Å². The van der Waals surface area contributed by atoms with Crippen molar-refractivity contribution in [3.8, 4) is 0 Å². The van der Waals surface area contributed by atoms with E-state index in [0.29, 0.717) is 0 Å². The molecular weight excluding hydrogens is 230 g/mol. The van der Waals surface area contributed by atoms with E-state index in [9.17, 15) is 4.79 Å². The molecule has 102 valence electrons. The monoisotopic (exact) mass is 253 g/mol. The summed E-state index contributed by atoms with van der Waals surface area (Å²) in [5, 5.41) is 7.42. The van der Waals surface area contributed by atoms with Gasteiger partial charge in [0.25, 0.3) is 0 Å². The highest BCUT2D eigenvalue weighted by Gasteiger charge is 2.32. The Morgan fingerprint density at radius 1 is 1.61 bits per heavy atom. The van der Waals surface area contributed by atoms with Crippen molar-refractivity contribution in [2.24, 2.45) is 0 Å². The normalized spacial score (nSPS) is 14.2. The van der Waals surface area contributed by atoms with Gasteiger partial charge in [-0.25, -0.2) is 0 Å². The smallest absolute Gasteiger partial charge is 0.325 e. The Morgan fingerprint density at radius 2 is 2.33 bits per heavy atom. The van der Waals surface area contributed by atoms with Crippen LogP contribution in [0.1, 0.15) is 32.3 Å². The molecule has 1 rings (SSSR count). The van der Waals surface area contributed by atoms with E-state index in [4.69, 9.17) is 4.74 Å². The first-order valence-corrected chi connectivity index (χ1v) is 6.34. The number of nitrogens with one attached hydrogen (secondary N) is 1. The molecular formula is C13H23N3O2. The third-order valence-electron chi connectivity index (χ3n) is 3.03. The minimum absolute atomic E-state index is 0.207. The van der Waals surface area contributed by atoms with E-state index in [0.717, 1.165) is 31.5 Å². The Hall–Kier alpha value is -1.36. The highest BCUT2D eigenvalue weighted by Crippen LogP contribution is 2.15. The Bertz CT molecular complexity index is 389. The van der Waals surface area contributed by atoms with Crippen molar-refractivity contribution in [2.45, 2.75) is 45.7 Å².